The number of rotatable bonds is 7. The molecule has 2 rings (SSSR count). The second kappa shape index (κ2) is 8.68. The predicted octanol–water partition coefficient (Wildman–Crippen LogP) is 3.53. The minimum atomic E-state index is -0.407. The lowest BCUT2D eigenvalue weighted by atomic mass is 10.1. The smallest absolute Gasteiger partial charge is 0.277 e. The topological polar surface area (TPSA) is 50.7 Å². The van der Waals surface area contributed by atoms with E-state index in [0.717, 1.165) is 24.1 Å². The molecule has 0 aliphatic rings. The first kappa shape index (κ1) is 16.7. The average molecular weight is 314 g/mol. The molecule has 23 heavy (non-hydrogen) atoms. The third-order valence-corrected chi connectivity index (χ3v) is 3.08. The number of nitrogens with zero attached hydrogens (tertiary/aromatic N) is 1. The van der Waals surface area contributed by atoms with E-state index in [2.05, 4.69) is 10.5 Å². The van der Waals surface area contributed by atoms with Crippen LogP contribution in [0.4, 0.5) is 4.39 Å². The minimum absolute atomic E-state index is 0.221. The minimum Gasteiger partial charge on any atom is -0.484 e. The summed E-state index contributed by atoms with van der Waals surface area (Å²) < 4.78 is 18.2. The van der Waals surface area contributed by atoms with Crippen molar-refractivity contribution in [2.75, 3.05) is 6.61 Å². The zero-order valence-corrected chi connectivity index (χ0v) is 13.0. The second-order valence-corrected chi connectivity index (χ2v) is 4.96. The van der Waals surface area contributed by atoms with Gasteiger partial charge >= 0.3 is 0 Å². The fourth-order valence-corrected chi connectivity index (χ4v) is 2.00. The maximum atomic E-state index is 13.0. The molecule has 0 radical (unpaired) electrons. The third kappa shape index (κ3) is 5.54. The second-order valence-electron chi connectivity index (χ2n) is 4.96. The molecule has 0 heterocycles. The first-order valence-corrected chi connectivity index (χ1v) is 7.48. The number of halogens is 1. The molecule has 0 saturated heterocycles. The summed E-state index contributed by atoms with van der Waals surface area (Å²) in [5.74, 6) is -0.491. The lowest BCUT2D eigenvalue weighted by molar-refractivity contribution is -0.123. The predicted molar refractivity (Wildman–Crippen MR) is 87.9 cm³/mol. The zero-order valence-electron chi connectivity index (χ0n) is 13.0. The quantitative estimate of drug-likeness (QED) is 0.628. The van der Waals surface area contributed by atoms with Crippen molar-refractivity contribution in [2.24, 2.45) is 5.10 Å². The zero-order chi connectivity index (χ0) is 16.5. The molecule has 0 aliphatic carbocycles. The number of nitrogens with one attached hydrogen (secondary N) is 1. The highest BCUT2D eigenvalue weighted by atomic mass is 19.1. The van der Waals surface area contributed by atoms with Crippen LogP contribution in [0.15, 0.2) is 59.7 Å². The van der Waals surface area contributed by atoms with E-state index in [-0.39, 0.29) is 6.61 Å². The van der Waals surface area contributed by atoms with E-state index in [1.807, 2.05) is 37.3 Å². The van der Waals surface area contributed by atoms with Gasteiger partial charge in [0.05, 0.1) is 5.71 Å². The number of carbonyl (C=O) groups excluding carboxylic acids is 1. The van der Waals surface area contributed by atoms with E-state index in [0.29, 0.717) is 5.75 Å². The van der Waals surface area contributed by atoms with Crippen LogP contribution in [-0.2, 0) is 4.79 Å². The largest absolute Gasteiger partial charge is 0.484 e. The molecule has 0 fully saturated rings. The summed E-state index contributed by atoms with van der Waals surface area (Å²) in [4.78, 5) is 11.8. The van der Waals surface area contributed by atoms with Crippen molar-refractivity contribution in [3.05, 3.63) is 66.0 Å². The van der Waals surface area contributed by atoms with Crippen LogP contribution in [0.2, 0.25) is 0 Å². The van der Waals surface area contributed by atoms with Gasteiger partial charge in [-0.15, -0.1) is 0 Å². The molecule has 0 spiro atoms. The standard InChI is InChI=1S/C18H19FN2O2/c1-2-7-17(14-8-4-3-5-9-14)20-21-18(22)13-23-16-11-6-10-15(19)12-16/h3-6,8-12H,2,7,13H2,1H3,(H,21,22)/b20-17-. The highest BCUT2D eigenvalue weighted by molar-refractivity contribution is 6.01. The van der Waals surface area contributed by atoms with Crippen molar-refractivity contribution in [3.63, 3.8) is 0 Å². The van der Waals surface area contributed by atoms with Crippen molar-refractivity contribution in [2.45, 2.75) is 19.8 Å². The van der Waals surface area contributed by atoms with E-state index in [1.54, 1.807) is 6.07 Å². The molecular weight excluding hydrogens is 295 g/mol. The molecule has 120 valence electrons. The Bertz CT molecular complexity index is 672. The Morgan fingerprint density at radius 3 is 2.65 bits per heavy atom. The summed E-state index contributed by atoms with van der Waals surface area (Å²) in [6.07, 6.45) is 1.68. The van der Waals surface area contributed by atoms with Gasteiger partial charge in [0.25, 0.3) is 5.91 Å². The Morgan fingerprint density at radius 2 is 1.96 bits per heavy atom. The van der Waals surface area contributed by atoms with Crippen molar-refractivity contribution < 1.29 is 13.9 Å². The highest BCUT2D eigenvalue weighted by Crippen LogP contribution is 2.11. The molecule has 4 nitrogen and oxygen atoms in total. The molecule has 1 N–H and O–H groups in total. The Kier molecular flexibility index (Phi) is 6.29. The lowest BCUT2D eigenvalue weighted by Gasteiger charge is -2.07. The van der Waals surface area contributed by atoms with Crippen LogP contribution in [0.1, 0.15) is 25.3 Å². The first-order valence-electron chi connectivity index (χ1n) is 7.48. The van der Waals surface area contributed by atoms with Crippen molar-refractivity contribution in [1.82, 2.24) is 5.43 Å². The van der Waals surface area contributed by atoms with E-state index in [4.69, 9.17) is 4.74 Å². The summed E-state index contributed by atoms with van der Waals surface area (Å²) in [5, 5.41) is 4.18. The van der Waals surface area contributed by atoms with Crippen LogP contribution in [0.5, 0.6) is 5.75 Å². The van der Waals surface area contributed by atoms with E-state index < -0.39 is 11.7 Å². The number of carbonyl (C=O) groups is 1. The van der Waals surface area contributed by atoms with E-state index in [1.165, 1.54) is 18.2 Å². The Hall–Kier alpha value is -2.69. The Morgan fingerprint density at radius 1 is 1.17 bits per heavy atom. The molecule has 2 aromatic rings. The van der Waals surface area contributed by atoms with Gasteiger partial charge in [0.1, 0.15) is 11.6 Å². The summed E-state index contributed by atoms with van der Waals surface area (Å²) in [6, 6.07) is 15.3. The highest BCUT2D eigenvalue weighted by Gasteiger charge is 2.05. The number of hydrazone groups is 1. The van der Waals surface area contributed by atoms with Crippen LogP contribution in [0.3, 0.4) is 0 Å². The summed E-state index contributed by atoms with van der Waals surface area (Å²) >= 11 is 0. The number of amides is 1. The summed E-state index contributed by atoms with van der Waals surface area (Å²) in [6.45, 7) is 1.83. The maximum Gasteiger partial charge on any atom is 0.277 e. The molecule has 5 heteroatoms. The van der Waals surface area contributed by atoms with Gasteiger partial charge in [0.2, 0.25) is 0 Å². The van der Waals surface area contributed by atoms with Gasteiger partial charge in [-0.25, -0.2) is 9.82 Å². The fraction of sp³-hybridized carbons (Fsp3) is 0.222. The first-order chi connectivity index (χ1) is 11.2. The van der Waals surface area contributed by atoms with Gasteiger partial charge in [0.15, 0.2) is 6.61 Å². The normalized spacial score (nSPS) is 11.1. The molecule has 1 amide bonds. The molecule has 0 bridgehead atoms. The van der Waals surface area contributed by atoms with E-state index in [9.17, 15) is 9.18 Å². The van der Waals surface area contributed by atoms with Crippen molar-refractivity contribution >= 4 is 11.6 Å². The number of hydrogen-bond acceptors (Lipinski definition) is 3. The van der Waals surface area contributed by atoms with Gasteiger partial charge in [-0.1, -0.05) is 49.7 Å². The Labute approximate surface area is 135 Å². The van der Waals surface area contributed by atoms with E-state index >= 15 is 0 Å². The van der Waals surface area contributed by atoms with Gasteiger partial charge in [-0.2, -0.15) is 5.10 Å². The maximum absolute atomic E-state index is 13.0. The number of ether oxygens (including phenoxy) is 1. The van der Waals surface area contributed by atoms with Crippen LogP contribution in [0, 0.1) is 5.82 Å². The van der Waals surface area contributed by atoms with Gasteiger partial charge in [-0.3, -0.25) is 4.79 Å². The number of benzene rings is 2. The van der Waals surface area contributed by atoms with Crippen molar-refractivity contribution in [1.29, 1.82) is 0 Å². The van der Waals surface area contributed by atoms with Crippen LogP contribution >= 0.6 is 0 Å². The molecule has 0 unspecified atom stereocenters. The molecule has 2 aromatic carbocycles. The third-order valence-electron chi connectivity index (χ3n) is 3.08. The van der Waals surface area contributed by atoms with Crippen LogP contribution in [0.25, 0.3) is 0 Å². The molecule has 0 atom stereocenters. The summed E-state index contributed by atoms with van der Waals surface area (Å²) in [5.41, 5.74) is 4.27. The van der Waals surface area contributed by atoms with Crippen LogP contribution < -0.4 is 10.2 Å². The lowest BCUT2D eigenvalue weighted by Crippen LogP contribution is -2.26. The van der Waals surface area contributed by atoms with Gasteiger partial charge in [-0.05, 0) is 24.1 Å². The average Bonchev–Trinajstić information content (AvgIpc) is 2.57. The summed E-state index contributed by atoms with van der Waals surface area (Å²) in [7, 11) is 0. The van der Waals surface area contributed by atoms with Crippen LogP contribution in [-0.4, -0.2) is 18.2 Å². The molecular formula is C18H19FN2O2. The number of hydrogen-bond donors (Lipinski definition) is 1. The molecule has 0 saturated carbocycles. The van der Waals surface area contributed by atoms with Gasteiger partial charge in [0, 0.05) is 6.07 Å². The Balaban J connectivity index is 1.92. The molecule has 0 aromatic heterocycles. The molecule has 0 aliphatic heterocycles. The monoisotopic (exact) mass is 314 g/mol. The van der Waals surface area contributed by atoms with Gasteiger partial charge < -0.3 is 4.74 Å². The fourth-order valence-electron chi connectivity index (χ4n) is 2.00. The van der Waals surface area contributed by atoms with Crippen molar-refractivity contribution in [3.8, 4) is 5.75 Å². The SMILES string of the molecule is CCC/C(=N/NC(=O)COc1cccc(F)c1)c1ccccc1.